The summed E-state index contributed by atoms with van der Waals surface area (Å²) in [4.78, 5) is 12.8. The maximum atomic E-state index is 12.6. The van der Waals surface area contributed by atoms with Crippen molar-refractivity contribution in [2.45, 2.75) is 16.0 Å². The van der Waals surface area contributed by atoms with E-state index in [1.165, 1.54) is 36.4 Å². The molecule has 4 nitrogen and oxygen atoms in total. The van der Waals surface area contributed by atoms with E-state index in [-0.39, 0.29) is 15.0 Å². The zero-order valence-corrected chi connectivity index (χ0v) is 15.6. The Balaban J connectivity index is 1.84. The Bertz CT molecular complexity index is 1020. The molecule has 1 aromatic heterocycles. The summed E-state index contributed by atoms with van der Waals surface area (Å²) in [6.45, 7) is 1.93. The van der Waals surface area contributed by atoms with Gasteiger partial charge >= 0.3 is 0 Å². The molecule has 1 amide bonds. The predicted molar refractivity (Wildman–Crippen MR) is 100 cm³/mol. The van der Waals surface area contributed by atoms with Crippen molar-refractivity contribution in [1.29, 1.82) is 0 Å². The Morgan fingerprint density at radius 3 is 2.44 bits per heavy atom. The lowest BCUT2D eigenvalue weighted by Gasteiger charge is -2.04. The summed E-state index contributed by atoms with van der Waals surface area (Å²) in [7, 11) is -3.67. The second-order valence-electron chi connectivity index (χ2n) is 5.40. The van der Waals surface area contributed by atoms with Crippen molar-refractivity contribution in [2.75, 3.05) is 5.32 Å². The molecule has 0 radical (unpaired) electrons. The Morgan fingerprint density at radius 2 is 1.76 bits per heavy atom. The van der Waals surface area contributed by atoms with Gasteiger partial charge in [0.25, 0.3) is 5.91 Å². The van der Waals surface area contributed by atoms with Gasteiger partial charge in [0.1, 0.15) is 4.21 Å². The van der Waals surface area contributed by atoms with Crippen LogP contribution in [0.5, 0.6) is 0 Å². The Hall–Kier alpha value is -2.15. The van der Waals surface area contributed by atoms with E-state index in [9.17, 15) is 13.2 Å². The Labute approximate surface area is 155 Å². The normalized spacial score (nSPS) is 11.3. The molecule has 0 saturated heterocycles. The highest BCUT2D eigenvalue weighted by Gasteiger charge is 2.21. The first-order valence-electron chi connectivity index (χ1n) is 7.35. The fraction of sp³-hybridized carbons (Fsp3) is 0.0556. The molecule has 0 spiro atoms. The number of carbonyl (C=O) groups excluding carboxylic acids is 1. The minimum Gasteiger partial charge on any atom is -0.321 e. The number of rotatable bonds is 4. The molecule has 0 aliphatic carbocycles. The molecule has 7 heteroatoms. The van der Waals surface area contributed by atoms with Crippen LogP contribution in [0.1, 0.15) is 15.2 Å². The van der Waals surface area contributed by atoms with Crippen LogP contribution in [-0.4, -0.2) is 14.3 Å². The summed E-state index contributed by atoms with van der Waals surface area (Å²) < 4.78 is 25.4. The van der Waals surface area contributed by atoms with Crippen molar-refractivity contribution in [3.8, 4) is 0 Å². The van der Waals surface area contributed by atoms with Crippen molar-refractivity contribution in [1.82, 2.24) is 0 Å². The molecular formula is C18H14ClNO3S2. The molecule has 0 bridgehead atoms. The maximum Gasteiger partial charge on any atom is 0.265 e. The number of hydrogen-bond acceptors (Lipinski definition) is 4. The van der Waals surface area contributed by atoms with Gasteiger partial charge in [0.2, 0.25) is 9.84 Å². The average molecular weight is 392 g/mol. The van der Waals surface area contributed by atoms with E-state index in [2.05, 4.69) is 5.32 Å². The molecular weight excluding hydrogens is 378 g/mol. The smallest absolute Gasteiger partial charge is 0.265 e. The van der Waals surface area contributed by atoms with Gasteiger partial charge in [-0.3, -0.25) is 4.79 Å². The van der Waals surface area contributed by atoms with Crippen LogP contribution < -0.4 is 5.32 Å². The SMILES string of the molecule is Cc1cccc(NC(=O)c2ccc(S(=O)(=O)c3ccc(Cl)cc3)s2)c1. The average Bonchev–Trinajstić information content (AvgIpc) is 3.06. The van der Waals surface area contributed by atoms with E-state index in [1.807, 2.05) is 25.1 Å². The van der Waals surface area contributed by atoms with Crippen LogP contribution >= 0.6 is 22.9 Å². The van der Waals surface area contributed by atoms with Crippen molar-refractivity contribution in [3.63, 3.8) is 0 Å². The highest BCUT2D eigenvalue weighted by atomic mass is 35.5. The Morgan fingerprint density at radius 1 is 1.04 bits per heavy atom. The third-order valence-corrected chi connectivity index (χ3v) is 7.07. The summed E-state index contributed by atoms with van der Waals surface area (Å²) in [5.74, 6) is -0.340. The van der Waals surface area contributed by atoms with Crippen LogP contribution in [0.25, 0.3) is 0 Å². The summed E-state index contributed by atoms with van der Waals surface area (Å²) in [6.07, 6.45) is 0. The first kappa shape index (κ1) is 17.7. The van der Waals surface area contributed by atoms with Crippen molar-refractivity contribution >= 4 is 44.4 Å². The number of halogens is 1. The molecule has 0 atom stereocenters. The predicted octanol–water partition coefficient (Wildman–Crippen LogP) is 4.80. The molecule has 0 unspecified atom stereocenters. The van der Waals surface area contributed by atoms with Gasteiger partial charge in [0.15, 0.2) is 0 Å². The molecule has 25 heavy (non-hydrogen) atoms. The third kappa shape index (κ3) is 3.92. The number of thiophene rings is 1. The highest BCUT2D eigenvalue weighted by Crippen LogP contribution is 2.29. The minimum atomic E-state index is -3.67. The number of amides is 1. The quantitative estimate of drug-likeness (QED) is 0.695. The van der Waals surface area contributed by atoms with E-state index in [0.29, 0.717) is 15.6 Å². The molecule has 128 valence electrons. The molecule has 1 heterocycles. The lowest BCUT2D eigenvalue weighted by molar-refractivity contribution is 0.103. The zero-order chi connectivity index (χ0) is 18.0. The van der Waals surface area contributed by atoms with Gasteiger partial charge in [-0.05, 0) is 61.0 Å². The number of anilines is 1. The summed E-state index contributed by atoms with van der Waals surface area (Å²) >= 11 is 6.73. The fourth-order valence-electron chi connectivity index (χ4n) is 2.23. The van der Waals surface area contributed by atoms with E-state index in [1.54, 1.807) is 6.07 Å². The lowest BCUT2D eigenvalue weighted by atomic mass is 10.2. The monoisotopic (exact) mass is 391 g/mol. The van der Waals surface area contributed by atoms with Gasteiger partial charge in [0, 0.05) is 10.7 Å². The van der Waals surface area contributed by atoms with Crippen LogP contribution in [0.2, 0.25) is 5.02 Å². The second kappa shape index (κ2) is 7.00. The first-order valence-corrected chi connectivity index (χ1v) is 10.0. The number of hydrogen-bond donors (Lipinski definition) is 1. The molecule has 0 saturated carbocycles. The van der Waals surface area contributed by atoms with Gasteiger partial charge < -0.3 is 5.32 Å². The third-order valence-electron chi connectivity index (χ3n) is 3.47. The molecule has 3 aromatic rings. The molecule has 1 N–H and O–H groups in total. The molecule has 0 aliphatic rings. The largest absolute Gasteiger partial charge is 0.321 e. The summed E-state index contributed by atoms with van der Waals surface area (Å²) in [6, 6.07) is 16.3. The van der Waals surface area contributed by atoms with Gasteiger partial charge in [-0.1, -0.05) is 23.7 Å². The van der Waals surface area contributed by atoms with Gasteiger partial charge in [-0.2, -0.15) is 0 Å². The fourth-order valence-corrected chi connectivity index (χ4v) is 4.96. The first-order chi connectivity index (χ1) is 11.9. The number of nitrogens with one attached hydrogen (secondary N) is 1. The number of benzene rings is 2. The summed E-state index contributed by atoms with van der Waals surface area (Å²) in [5, 5.41) is 3.23. The van der Waals surface area contributed by atoms with Crippen molar-refractivity contribution in [3.05, 3.63) is 76.1 Å². The van der Waals surface area contributed by atoms with Crippen LogP contribution in [0.4, 0.5) is 5.69 Å². The van der Waals surface area contributed by atoms with Crippen LogP contribution in [-0.2, 0) is 9.84 Å². The lowest BCUT2D eigenvalue weighted by Crippen LogP contribution is -2.10. The standard InChI is InChI=1S/C18H14ClNO3S2/c1-12-3-2-4-14(11-12)20-18(21)16-9-10-17(24-16)25(22,23)15-7-5-13(19)6-8-15/h2-11H,1H3,(H,20,21). The van der Waals surface area contributed by atoms with E-state index in [0.717, 1.165) is 16.9 Å². The topological polar surface area (TPSA) is 63.2 Å². The van der Waals surface area contributed by atoms with Crippen LogP contribution in [0.15, 0.2) is 69.8 Å². The van der Waals surface area contributed by atoms with Crippen molar-refractivity contribution < 1.29 is 13.2 Å². The second-order valence-corrected chi connectivity index (χ2v) is 9.10. The molecule has 0 fully saturated rings. The number of carbonyl (C=O) groups is 1. The number of aryl methyl sites for hydroxylation is 1. The maximum absolute atomic E-state index is 12.6. The van der Waals surface area contributed by atoms with Crippen LogP contribution in [0, 0.1) is 6.92 Å². The molecule has 3 rings (SSSR count). The summed E-state index contributed by atoms with van der Waals surface area (Å²) in [5.41, 5.74) is 1.69. The Kier molecular flexibility index (Phi) is 4.94. The molecule has 2 aromatic carbocycles. The van der Waals surface area contributed by atoms with Gasteiger partial charge in [-0.25, -0.2) is 8.42 Å². The number of sulfone groups is 1. The highest BCUT2D eigenvalue weighted by molar-refractivity contribution is 7.93. The zero-order valence-electron chi connectivity index (χ0n) is 13.2. The minimum absolute atomic E-state index is 0.115. The van der Waals surface area contributed by atoms with Crippen LogP contribution in [0.3, 0.4) is 0 Å². The van der Waals surface area contributed by atoms with Gasteiger partial charge in [-0.15, -0.1) is 11.3 Å². The van der Waals surface area contributed by atoms with E-state index < -0.39 is 9.84 Å². The van der Waals surface area contributed by atoms with Crippen molar-refractivity contribution in [2.24, 2.45) is 0 Å². The van der Waals surface area contributed by atoms with E-state index >= 15 is 0 Å². The molecule has 0 aliphatic heterocycles. The van der Waals surface area contributed by atoms with Gasteiger partial charge in [0.05, 0.1) is 9.77 Å². The van der Waals surface area contributed by atoms with E-state index in [4.69, 9.17) is 11.6 Å².